The van der Waals surface area contributed by atoms with Crippen LogP contribution in [0.3, 0.4) is 0 Å². The highest BCUT2D eigenvalue weighted by atomic mass is 32.2. The van der Waals surface area contributed by atoms with Crippen LogP contribution in [-0.4, -0.2) is 35.3 Å². The van der Waals surface area contributed by atoms with Crippen molar-refractivity contribution in [2.75, 3.05) is 19.4 Å². The van der Waals surface area contributed by atoms with Gasteiger partial charge in [0.25, 0.3) is 5.91 Å². The van der Waals surface area contributed by atoms with Gasteiger partial charge in [-0.25, -0.2) is 0 Å². The fourth-order valence-electron chi connectivity index (χ4n) is 4.08. The van der Waals surface area contributed by atoms with Gasteiger partial charge in [0, 0.05) is 18.0 Å². The molecule has 2 aromatic carbocycles. The molecule has 0 aliphatic carbocycles. The van der Waals surface area contributed by atoms with Gasteiger partial charge in [0.1, 0.15) is 5.58 Å². The van der Waals surface area contributed by atoms with Crippen LogP contribution in [0.25, 0.3) is 11.0 Å². The summed E-state index contributed by atoms with van der Waals surface area (Å²) in [6.07, 6.45) is 2.44. The summed E-state index contributed by atoms with van der Waals surface area (Å²) in [6.45, 7) is 4.14. The molecule has 1 aliphatic rings. The minimum atomic E-state index is -0.513. The van der Waals surface area contributed by atoms with E-state index in [2.05, 4.69) is 0 Å². The van der Waals surface area contributed by atoms with Crippen molar-refractivity contribution in [1.82, 2.24) is 4.90 Å². The van der Waals surface area contributed by atoms with Crippen LogP contribution in [-0.2, 0) is 0 Å². The maximum absolute atomic E-state index is 13.5. The number of benzene rings is 2. The van der Waals surface area contributed by atoms with Crippen molar-refractivity contribution < 1.29 is 14.3 Å². The number of carbonyl (C=O) groups is 1. The van der Waals surface area contributed by atoms with Gasteiger partial charge in [0.2, 0.25) is 5.76 Å². The van der Waals surface area contributed by atoms with Crippen molar-refractivity contribution in [3.8, 4) is 0 Å². The third-order valence-electron chi connectivity index (χ3n) is 5.39. The second-order valence-corrected chi connectivity index (χ2v) is 8.26. The molecule has 4 rings (SSSR count). The number of rotatable bonds is 5. The number of aliphatic hydroxyl groups excluding tert-OH is 1. The number of carbonyl (C=O) groups excluding carboxylic acids is 1. The van der Waals surface area contributed by atoms with Crippen molar-refractivity contribution >= 4 is 28.6 Å². The molecule has 1 amide bonds. The van der Waals surface area contributed by atoms with Crippen LogP contribution >= 0.6 is 11.8 Å². The topological polar surface area (TPSA) is 70.8 Å². The minimum absolute atomic E-state index is 0.0279. The molecule has 2 heterocycles. The highest BCUT2D eigenvalue weighted by Gasteiger charge is 2.42. The van der Waals surface area contributed by atoms with E-state index >= 15 is 0 Å². The first-order chi connectivity index (χ1) is 14.0. The lowest BCUT2D eigenvalue weighted by atomic mass is 9.97. The van der Waals surface area contributed by atoms with Crippen molar-refractivity contribution in [3.05, 3.63) is 74.6 Å². The SMILES string of the molecule is CSc1ccc(C2c3c(oc4c(C)cc(C)cc4c3=O)C(=O)N2CCCO)cc1. The van der Waals surface area contributed by atoms with E-state index < -0.39 is 6.04 Å². The smallest absolute Gasteiger partial charge is 0.290 e. The number of aliphatic hydroxyl groups is 1. The van der Waals surface area contributed by atoms with Crippen molar-refractivity contribution in [3.63, 3.8) is 0 Å². The summed E-state index contributed by atoms with van der Waals surface area (Å²) in [5.41, 5.74) is 3.37. The third kappa shape index (κ3) is 3.26. The van der Waals surface area contributed by atoms with E-state index in [0.29, 0.717) is 29.5 Å². The Bertz CT molecular complexity index is 1150. The van der Waals surface area contributed by atoms with Gasteiger partial charge in [-0.1, -0.05) is 18.2 Å². The molecule has 1 N–H and O–H groups in total. The Balaban J connectivity index is 1.97. The number of hydrogen-bond acceptors (Lipinski definition) is 5. The molecule has 3 aromatic rings. The monoisotopic (exact) mass is 409 g/mol. The maximum Gasteiger partial charge on any atom is 0.290 e. The average Bonchev–Trinajstić information content (AvgIpc) is 2.99. The molecule has 1 aliphatic heterocycles. The van der Waals surface area contributed by atoms with E-state index in [9.17, 15) is 14.7 Å². The lowest BCUT2D eigenvalue weighted by Gasteiger charge is -2.25. The molecule has 0 saturated heterocycles. The summed E-state index contributed by atoms with van der Waals surface area (Å²) >= 11 is 1.64. The zero-order valence-corrected chi connectivity index (χ0v) is 17.5. The van der Waals surface area contributed by atoms with E-state index in [-0.39, 0.29) is 23.7 Å². The largest absolute Gasteiger partial charge is 0.450 e. The van der Waals surface area contributed by atoms with Gasteiger partial charge >= 0.3 is 0 Å². The quantitative estimate of drug-likeness (QED) is 0.644. The zero-order valence-electron chi connectivity index (χ0n) is 16.7. The van der Waals surface area contributed by atoms with E-state index in [1.165, 1.54) is 0 Å². The predicted octanol–water partition coefficient (Wildman–Crippen LogP) is 4.06. The standard InChI is InChI=1S/C23H23NO4S/c1-13-11-14(2)21-17(12-13)20(26)18-19(15-5-7-16(29-3)8-6-15)24(9-4-10-25)23(27)22(18)28-21/h5-8,11-12,19,25H,4,9-10H2,1-3H3. The molecule has 1 unspecified atom stereocenters. The van der Waals surface area contributed by atoms with Gasteiger partial charge < -0.3 is 14.4 Å². The van der Waals surface area contributed by atoms with Crippen LogP contribution in [0.1, 0.15) is 45.3 Å². The van der Waals surface area contributed by atoms with Gasteiger partial charge in [-0.15, -0.1) is 11.8 Å². The maximum atomic E-state index is 13.5. The Morgan fingerprint density at radius 3 is 2.52 bits per heavy atom. The average molecular weight is 410 g/mol. The summed E-state index contributed by atoms with van der Waals surface area (Å²) in [5, 5.41) is 9.81. The highest BCUT2D eigenvalue weighted by Crippen LogP contribution is 2.39. The number of amides is 1. The lowest BCUT2D eigenvalue weighted by Crippen LogP contribution is -2.31. The number of aryl methyl sites for hydroxylation is 2. The van der Waals surface area contributed by atoms with E-state index in [1.54, 1.807) is 16.7 Å². The minimum Gasteiger partial charge on any atom is -0.450 e. The first kappa shape index (κ1) is 19.7. The molecule has 29 heavy (non-hydrogen) atoms. The van der Waals surface area contributed by atoms with Crippen LogP contribution < -0.4 is 5.43 Å². The molecule has 0 spiro atoms. The fourth-order valence-corrected chi connectivity index (χ4v) is 4.49. The third-order valence-corrected chi connectivity index (χ3v) is 6.13. The first-order valence-corrected chi connectivity index (χ1v) is 10.8. The zero-order chi connectivity index (χ0) is 20.7. The molecule has 0 fully saturated rings. The van der Waals surface area contributed by atoms with Crippen molar-refractivity contribution in [1.29, 1.82) is 0 Å². The number of nitrogens with zero attached hydrogens (tertiary/aromatic N) is 1. The summed E-state index contributed by atoms with van der Waals surface area (Å²) in [7, 11) is 0. The van der Waals surface area contributed by atoms with Gasteiger partial charge in [-0.05, 0) is 61.4 Å². The molecule has 5 nitrogen and oxygen atoms in total. The van der Waals surface area contributed by atoms with Crippen molar-refractivity contribution in [2.45, 2.75) is 31.2 Å². The highest BCUT2D eigenvalue weighted by molar-refractivity contribution is 7.98. The van der Waals surface area contributed by atoms with Gasteiger partial charge in [-0.2, -0.15) is 0 Å². The van der Waals surface area contributed by atoms with Crippen molar-refractivity contribution in [2.24, 2.45) is 0 Å². The summed E-state index contributed by atoms with van der Waals surface area (Å²) in [5.74, 6) is -0.183. The fraction of sp³-hybridized carbons (Fsp3) is 0.304. The molecule has 0 saturated carbocycles. The molecule has 0 radical (unpaired) electrons. The Hall–Kier alpha value is -2.57. The molecular weight excluding hydrogens is 386 g/mol. The van der Waals surface area contributed by atoms with Crippen LogP contribution in [0.4, 0.5) is 0 Å². The molecule has 1 atom stereocenters. The summed E-state index contributed by atoms with van der Waals surface area (Å²) < 4.78 is 6.03. The van der Waals surface area contributed by atoms with E-state index in [0.717, 1.165) is 21.6 Å². The van der Waals surface area contributed by atoms with Crippen LogP contribution in [0.2, 0.25) is 0 Å². The Kier molecular flexibility index (Phi) is 5.23. The van der Waals surface area contributed by atoms with Gasteiger partial charge in [-0.3, -0.25) is 9.59 Å². The predicted molar refractivity (Wildman–Crippen MR) is 115 cm³/mol. The number of thioether (sulfide) groups is 1. The van der Waals surface area contributed by atoms with Gasteiger partial charge in [0.15, 0.2) is 5.43 Å². The van der Waals surface area contributed by atoms with Crippen LogP contribution in [0, 0.1) is 13.8 Å². The Morgan fingerprint density at radius 2 is 1.86 bits per heavy atom. The lowest BCUT2D eigenvalue weighted by molar-refractivity contribution is 0.0716. The van der Waals surface area contributed by atoms with Crippen LogP contribution in [0.5, 0.6) is 0 Å². The molecule has 150 valence electrons. The first-order valence-electron chi connectivity index (χ1n) is 9.60. The van der Waals surface area contributed by atoms with Gasteiger partial charge in [0.05, 0.1) is 17.0 Å². The molecule has 0 bridgehead atoms. The second kappa shape index (κ2) is 7.69. The number of fused-ring (bicyclic) bond motifs is 2. The van der Waals surface area contributed by atoms with E-state index in [1.807, 2.05) is 56.5 Å². The second-order valence-electron chi connectivity index (χ2n) is 7.38. The molecule has 6 heteroatoms. The summed E-state index contributed by atoms with van der Waals surface area (Å²) in [6, 6.07) is 11.1. The Morgan fingerprint density at radius 1 is 1.14 bits per heavy atom. The Labute approximate surface area is 173 Å². The summed E-state index contributed by atoms with van der Waals surface area (Å²) in [4.78, 5) is 29.4. The number of hydrogen-bond donors (Lipinski definition) is 1. The van der Waals surface area contributed by atoms with E-state index in [4.69, 9.17) is 4.42 Å². The normalized spacial score (nSPS) is 15.9. The molecular formula is C23H23NO4S. The van der Waals surface area contributed by atoms with Crippen LogP contribution in [0.15, 0.2) is 50.5 Å². The molecule has 1 aromatic heterocycles.